The molecular formula is C24H31BrN2O5. The fourth-order valence-electron chi connectivity index (χ4n) is 2.97. The Morgan fingerprint density at radius 3 is 2.22 bits per heavy atom. The van der Waals surface area contributed by atoms with Crippen LogP contribution in [0.15, 0.2) is 46.9 Å². The third kappa shape index (κ3) is 7.44. The maximum absolute atomic E-state index is 13.2. The molecule has 2 rings (SSSR count). The highest BCUT2D eigenvalue weighted by molar-refractivity contribution is 9.10. The molecule has 0 unspecified atom stereocenters. The van der Waals surface area contributed by atoms with E-state index in [4.69, 9.17) is 14.2 Å². The van der Waals surface area contributed by atoms with Crippen molar-refractivity contribution in [2.75, 3.05) is 20.8 Å². The normalized spacial score (nSPS) is 12.4. The average Bonchev–Trinajstić information content (AvgIpc) is 2.80. The molecular weight excluding hydrogens is 476 g/mol. The van der Waals surface area contributed by atoms with Crippen LogP contribution in [0.1, 0.15) is 32.8 Å². The summed E-state index contributed by atoms with van der Waals surface area (Å²) in [6.45, 7) is 5.70. The molecule has 0 aromatic heterocycles. The number of rotatable bonds is 11. The third-order valence-corrected chi connectivity index (χ3v) is 5.59. The lowest BCUT2D eigenvalue weighted by Gasteiger charge is -2.29. The molecule has 0 saturated carbocycles. The monoisotopic (exact) mass is 506 g/mol. The van der Waals surface area contributed by atoms with Gasteiger partial charge in [-0.25, -0.2) is 0 Å². The summed E-state index contributed by atoms with van der Waals surface area (Å²) in [6, 6.07) is 12.1. The molecule has 2 amide bonds. The van der Waals surface area contributed by atoms with Crippen molar-refractivity contribution in [2.45, 2.75) is 45.8 Å². The highest BCUT2D eigenvalue weighted by Gasteiger charge is 2.27. The van der Waals surface area contributed by atoms with E-state index in [0.29, 0.717) is 17.2 Å². The number of carbonyl (C=O) groups excluding carboxylic acids is 2. The van der Waals surface area contributed by atoms with Crippen LogP contribution in [0, 0.1) is 0 Å². The number of amides is 2. The number of halogens is 1. The van der Waals surface area contributed by atoms with Gasteiger partial charge in [0.05, 0.1) is 14.2 Å². The Labute approximate surface area is 198 Å². The topological polar surface area (TPSA) is 77.1 Å². The number of hydrogen-bond acceptors (Lipinski definition) is 5. The molecule has 0 heterocycles. The summed E-state index contributed by atoms with van der Waals surface area (Å²) in [6.07, 6.45) is 0.804. The Kier molecular flexibility index (Phi) is 9.84. The van der Waals surface area contributed by atoms with Gasteiger partial charge in [-0.3, -0.25) is 9.59 Å². The number of hydrogen-bond donors (Lipinski definition) is 1. The van der Waals surface area contributed by atoms with Crippen LogP contribution >= 0.6 is 15.9 Å². The summed E-state index contributed by atoms with van der Waals surface area (Å²) in [5, 5.41) is 2.95. The molecule has 174 valence electrons. The van der Waals surface area contributed by atoms with Crippen molar-refractivity contribution in [2.24, 2.45) is 0 Å². The Morgan fingerprint density at radius 1 is 1.03 bits per heavy atom. The molecule has 1 N–H and O–H groups in total. The largest absolute Gasteiger partial charge is 0.496 e. The fourth-order valence-corrected chi connectivity index (χ4v) is 3.42. The zero-order chi connectivity index (χ0) is 23.7. The molecule has 0 aliphatic heterocycles. The lowest BCUT2D eigenvalue weighted by Crippen LogP contribution is -2.50. The van der Waals surface area contributed by atoms with E-state index >= 15 is 0 Å². The van der Waals surface area contributed by atoms with Crippen LogP contribution in [0.25, 0.3) is 0 Å². The van der Waals surface area contributed by atoms with Crippen LogP contribution < -0.4 is 19.5 Å². The van der Waals surface area contributed by atoms with E-state index in [1.807, 2.05) is 38.1 Å². The smallest absolute Gasteiger partial charge is 0.261 e. The van der Waals surface area contributed by atoms with Gasteiger partial charge in [0, 0.05) is 35.3 Å². The summed E-state index contributed by atoms with van der Waals surface area (Å²) < 4.78 is 17.1. The Bertz CT molecular complexity index is 899. The van der Waals surface area contributed by atoms with Crippen LogP contribution in [0.4, 0.5) is 0 Å². The van der Waals surface area contributed by atoms with Gasteiger partial charge in [-0.15, -0.1) is 0 Å². The molecule has 8 heteroatoms. The number of ether oxygens (including phenoxy) is 3. The highest BCUT2D eigenvalue weighted by Crippen LogP contribution is 2.27. The van der Waals surface area contributed by atoms with E-state index in [9.17, 15) is 9.59 Å². The Morgan fingerprint density at radius 2 is 1.66 bits per heavy atom. The zero-order valence-electron chi connectivity index (χ0n) is 19.2. The molecule has 0 fully saturated rings. The summed E-state index contributed by atoms with van der Waals surface area (Å²) in [5.41, 5.74) is 0.902. The van der Waals surface area contributed by atoms with Crippen LogP contribution in [0.2, 0.25) is 0 Å². The summed E-state index contributed by atoms with van der Waals surface area (Å²) >= 11 is 3.45. The van der Waals surface area contributed by atoms with Gasteiger partial charge >= 0.3 is 0 Å². The van der Waals surface area contributed by atoms with Crippen molar-refractivity contribution in [3.8, 4) is 17.2 Å². The number of benzene rings is 2. The van der Waals surface area contributed by atoms with E-state index < -0.39 is 6.04 Å². The minimum absolute atomic E-state index is 0.0215. The summed E-state index contributed by atoms with van der Waals surface area (Å²) in [7, 11) is 3.09. The summed E-state index contributed by atoms with van der Waals surface area (Å²) in [4.78, 5) is 27.5. The Balaban J connectivity index is 2.20. The van der Waals surface area contributed by atoms with Gasteiger partial charge in [0.2, 0.25) is 5.91 Å². The van der Waals surface area contributed by atoms with Crippen molar-refractivity contribution >= 4 is 27.7 Å². The van der Waals surface area contributed by atoms with E-state index in [2.05, 4.69) is 21.2 Å². The Hall–Kier alpha value is -2.74. The van der Waals surface area contributed by atoms with Gasteiger partial charge in [0.25, 0.3) is 5.91 Å². The van der Waals surface area contributed by atoms with Crippen molar-refractivity contribution in [3.63, 3.8) is 0 Å². The van der Waals surface area contributed by atoms with Crippen LogP contribution in [0.3, 0.4) is 0 Å². The molecule has 2 aromatic rings. The van der Waals surface area contributed by atoms with Gasteiger partial charge < -0.3 is 24.4 Å². The van der Waals surface area contributed by atoms with Crippen molar-refractivity contribution in [1.82, 2.24) is 10.2 Å². The molecule has 0 aliphatic carbocycles. The molecule has 7 nitrogen and oxygen atoms in total. The van der Waals surface area contributed by atoms with Gasteiger partial charge in [-0.1, -0.05) is 35.0 Å². The maximum atomic E-state index is 13.2. The van der Waals surface area contributed by atoms with Gasteiger partial charge in [0.15, 0.2) is 6.61 Å². The molecule has 2 atom stereocenters. The first-order chi connectivity index (χ1) is 15.3. The van der Waals surface area contributed by atoms with Crippen molar-refractivity contribution in [1.29, 1.82) is 0 Å². The van der Waals surface area contributed by atoms with Crippen LogP contribution in [-0.2, 0) is 16.1 Å². The molecule has 32 heavy (non-hydrogen) atoms. The van der Waals surface area contributed by atoms with Gasteiger partial charge in [-0.05, 0) is 38.0 Å². The predicted octanol–water partition coefficient (Wildman–Crippen LogP) is 4.18. The lowest BCUT2D eigenvalue weighted by molar-refractivity contribution is -0.142. The standard InChI is InChI=1S/C24H31BrN2O5/c1-6-16(2)26-24(29)17(3)27(14-18-8-7-9-19(25)10-18)23(28)15-32-22-12-20(30-4)11-21(13-22)31-5/h7-13,16-17H,6,14-15H2,1-5H3,(H,26,29)/t16-,17+/m0/s1. The molecule has 0 saturated heterocycles. The molecule has 0 bridgehead atoms. The molecule has 2 aromatic carbocycles. The number of carbonyl (C=O) groups is 2. The molecule has 0 radical (unpaired) electrons. The van der Waals surface area contributed by atoms with E-state index in [1.165, 1.54) is 4.90 Å². The van der Waals surface area contributed by atoms with Gasteiger partial charge in [-0.2, -0.15) is 0 Å². The van der Waals surface area contributed by atoms with E-state index in [-0.39, 0.29) is 31.0 Å². The average molecular weight is 507 g/mol. The highest BCUT2D eigenvalue weighted by atomic mass is 79.9. The SMILES string of the molecule is CC[C@H](C)NC(=O)[C@@H](C)N(Cc1cccc(Br)c1)C(=O)COc1cc(OC)cc(OC)c1. The molecule has 0 aliphatic rings. The minimum atomic E-state index is -0.668. The number of nitrogens with zero attached hydrogens (tertiary/aromatic N) is 1. The first kappa shape index (κ1) is 25.5. The third-order valence-electron chi connectivity index (χ3n) is 5.10. The second-order valence-electron chi connectivity index (χ2n) is 7.48. The summed E-state index contributed by atoms with van der Waals surface area (Å²) in [5.74, 6) is 1.04. The van der Waals surface area contributed by atoms with Crippen LogP contribution in [-0.4, -0.2) is 49.6 Å². The van der Waals surface area contributed by atoms with Crippen LogP contribution in [0.5, 0.6) is 17.2 Å². The van der Waals surface area contributed by atoms with E-state index in [0.717, 1.165) is 16.5 Å². The second-order valence-corrected chi connectivity index (χ2v) is 8.40. The second kappa shape index (κ2) is 12.3. The number of nitrogens with one attached hydrogen (secondary N) is 1. The first-order valence-electron chi connectivity index (χ1n) is 10.5. The zero-order valence-corrected chi connectivity index (χ0v) is 20.8. The first-order valence-corrected chi connectivity index (χ1v) is 11.3. The van der Waals surface area contributed by atoms with E-state index in [1.54, 1.807) is 39.3 Å². The van der Waals surface area contributed by atoms with Crippen molar-refractivity contribution < 1.29 is 23.8 Å². The van der Waals surface area contributed by atoms with Crippen molar-refractivity contribution in [3.05, 3.63) is 52.5 Å². The quantitative estimate of drug-likeness (QED) is 0.494. The number of methoxy groups -OCH3 is 2. The lowest BCUT2D eigenvalue weighted by atomic mass is 10.1. The minimum Gasteiger partial charge on any atom is -0.496 e. The maximum Gasteiger partial charge on any atom is 0.261 e. The molecule has 0 spiro atoms. The van der Waals surface area contributed by atoms with Gasteiger partial charge in [0.1, 0.15) is 23.3 Å². The fraction of sp³-hybridized carbons (Fsp3) is 0.417. The predicted molar refractivity (Wildman–Crippen MR) is 127 cm³/mol.